The van der Waals surface area contributed by atoms with Gasteiger partial charge in [0.2, 0.25) is 0 Å². The first-order chi connectivity index (χ1) is 9.43. The van der Waals surface area contributed by atoms with Crippen LogP contribution >= 0.6 is 0 Å². The van der Waals surface area contributed by atoms with Gasteiger partial charge in [-0.05, 0) is 32.9 Å². The van der Waals surface area contributed by atoms with Crippen molar-refractivity contribution < 1.29 is 14.5 Å². The zero-order chi connectivity index (χ0) is 15.1. The van der Waals surface area contributed by atoms with Gasteiger partial charge in [0.25, 0.3) is 5.69 Å². The molecule has 0 amide bonds. The van der Waals surface area contributed by atoms with Crippen molar-refractivity contribution in [1.82, 2.24) is 0 Å². The van der Waals surface area contributed by atoms with E-state index in [1.165, 1.54) is 12.1 Å². The normalized spacial score (nSPS) is 11.3. The van der Waals surface area contributed by atoms with Crippen molar-refractivity contribution in [3.63, 3.8) is 0 Å². The second-order valence-corrected chi connectivity index (χ2v) is 4.42. The Balaban J connectivity index is 2.86. The fraction of sp³-hybridized carbons (Fsp3) is 0.357. The lowest BCUT2D eigenvalue weighted by Gasteiger charge is -2.15. The van der Waals surface area contributed by atoms with Gasteiger partial charge in [-0.1, -0.05) is 11.6 Å². The van der Waals surface area contributed by atoms with Crippen LogP contribution in [0.15, 0.2) is 35.9 Å². The summed E-state index contributed by atoms with van der Waals surface area (Å²) in [7, 11) is 0. The minimum Gasteiger partial charge on any atom is -0.464 e. The molecule has 1 rings (SSSR count). The maximum atomic E-state index is 11.8. The third kappa shape index (κ3) is 4.72. The molecule has 0 saturated heterocycles. The predicted octanol–water partition coefficient (Wildman–Crippen LogP) is 2.90. The summed E-state index contributed by atoms with van der Waals surface area (Å²) in [4.78, 5) is 21.9. The van der Waals surface area contributed by atoms with Gasteiger partial charge in [-0.2, -0.15) is 0 Å². The molecule has 108 valence electrons. The number of carbonyl (C=O) groups excluding carboxylic acids is 1. The molecule has 20 heavy (non-hydrogen) atoms. The van der Waals surface area contributed by atoms with Crippen LogP contribution < -0.4 is 5.32 Å². The minimum absolute atomic E-state index is 0.00505. The van der Waals surface area contributed by atoms with Crippen molar-refractivity contribution >= 4 is 17.3 Å². The first-order valence-corrected chi connectivity index (χ1v) is 6.26. The van der Waals surface area contributed by atoms with Gasteiger partial charge in [0, 0.05) is 17.8 Å². The van der Waals surface area contributed by atoms with Gasteiger partial charge in [0.05, 0.1) is 11.5 Å². The summed E-state index contributed by atoms with van der Waals surface area (Å²) >= 11 is 0. The molecule has 6 nitrogen and oxygen atoms in total. The van der Waals surface area contributed by atoms with Crippen molar-refractivity contribution in [1.29, 1.82) is 0 Å². The van der Waals surface area contributed by atoms with Crippen molar-refractivity contribution in [3.05, 3.63) is 46.0 Å². The highest BCUT2D eigenvalue weighted by Crippen LogP contribution is 2.17. The number of nitro groups is 1. The van der Waals surface area contributed by atoms with Gasteiger partial charge in [0.1, 0.15) is 6.04 Å². The number of ether oxygens (including phenoxy) is 1. The number of benzene rings is 1. The number of anilines is 1. The number of nitrogens with zero attached hydrogens (tertiary/aromatic N) is 1. The molecule has 1 aromatic carbocycles. The van der Waals surface area contributed by atoms with E-state index in [0.29, 0.717) is 12.3 Å². The van der Waals surface area contributed by atoms with Gasteiger partial charge in [0.15, 0.2) is 0 Å². The molecule has 0 aromatic heterocycles. The number of nitro benzene ring substituents is 1. The summed E-state index contributed by atoms with van der Waals surface area (Å²) in [5.74, 6) is -0.382. The average Bonchev–Trinajstić information content (AvgIpc) is 2.38. The second-order valence-electron chi connectivity index (χ2n) is 4.42. The molecule has 0 fully saturated rings. The highest BCUT2D eigenvalue weighted by molar-refractivity contribution is 5.81. The molecule has 0 heterocycles. The largest absolute Gasteiger partial charge is 0.464 e. The van der Waals surface area contributed by atoms with Gasteiger partial charge in [-0.3, -0.25) is 10.1 Å². The van der Waals surface area contributed by atoms with Crippen LogP contribution in [0.5, 0.6) is 0 Å². The van der Waals surface area contributed by atoms with E-state index in [9.17, 15) is 14.9 Å². The van der Waals surface area contributed by atoms with Crippen LogP contribution in [0.25, 0.3) is 0 Å². The Labute approximate surface area is 117 Å². The molecule has 6 heteroatoms. The van der Waals surface area contributed by atoms with Crippen molar-refractivity contribution in [2.75, 3.05) is 11.9 Å². The quantitative estimate of drug-likeness (QED) is 0.374. The van der Waals surface area contributed by atoms with Crippen LogP contribution in [0.1, 0.15) is 20.8 Å². The Morgan fingerprint density at radius 2 is 2.00 bits per heavy atom. The predicted molar refractivity (Wildman–Crippen MR) is 76.6 cm³/mol. The lowest BCUT2D eigenvalue weighted by atomic mass is 10.2. The maximum absolute atomic E-state index is 11.8. The highest BCUT2D eigenvalue weighted by atomic mass is 16.6. The number of hydrogen-bond acceptors (Lipinski definition) is 5. The Kier molecular flexibility index (Phi) is 5.71. The maximum Gasteiger partial charge on any atom is 0.332 e. The van der Waals surface area contributed by atoms with Crippen LogP contribution in [0, 0.1) is 10.1 Å². The average molecular weight is 278 g/mol. The molecule has 0 radical (unpaired) electrons. The third-order valence-corrected chi connectivity index (χ3v) is 2.44. The molecule has 0 aliphatic heterocycles. The number of allylic oxidation sites excluding steroid dienone is 1. The fourth-order valence-electron chi connectivity index (χ4n) is 1.59. The molecule has 0 spiro atoms. The van der Waals surface area contributed by atoms with E-state index in [1.807, 2.05) is 13.8 Å². The van der Waals surface area contributed by atoms with Gasteiger partial charge in [-0.15, -0.1) is 0 Å². The van der Waals surface area contributed by atoms with E-state index in [1.54, 1.807) is 25.1 Å². The lowest BCUT2D eigenvalue weighted by molar-refractivity contribution is -0.384. The second kappa shape index (κ2) is 7.28. The van der Waals surface area contributed by atoms with Crippen LogP contribution in [0.2, 0.25) is 0 Å². The number of hydrogen-bond donors (Lipinski definition) is 1. The van der Waals surface area contributed by atoms with Crippen LogP contribution in [-0.4, -0.2) is 23.5 Å². The van der Waals surface area contributed by atoms with Gasteiger partial charge < -0.3 is 10.1 Å². The summed E-state index contributed by atoms with van der Waals surface area (Å²) in [5.41, 5.74) is 1.59. The summed E-state index contributed by atoms with van der Waals surface area (Å²) < 4.78 is 4.98. The molecular formula is C14H18N2O4. The van der Waals surface area contributed by atoms with E-state index in [-0.39, 0.29) is 11.7 Å². The highest BCUT2D eigenvalue weighted by Gasteiger charge is 2.17. The lowest BCUT2D eigenvalue weighted by Crippen LogP contribution is -2.29. The molecule has 0 bridgehead atoms. The van der Waals surface area contributed by atoms with Crippen molar-refractivity contribution in [2.45, 2.75) is 26.8 Å². The molecule has 1 unspecified atom stereocenters. The number of esters is 1. The SMILES string of the molecule is CCOC(=O)C(C=C(C)C)Nc1ccc([N+](=O)[O-])cc1. The molecule has 1 N–H and O–H groups in total. The molecule has 0 aliphatic carbocycles. The number of carbonyl (C=O) groups is 1. The van der Waals surface area contributed by atoms with Crippen LogP contribution in [0.3, 0.4) is 0 Å². The first-order valence-electron chi connectivity index (χ1n) is 6.26. The topological polar surface area (TPSA) is 81.5 Å². The number of nitrogens with one attached hydrogen (secondary N) is 1. The molecule has 0 aliphatic rings. The molecular weight excluding hydrogens is 260 g/mol. The van der Waals surface area contributed by atoms with Gasteiger partial charge in [-0.25, -0.2) is 4.79 Å². The fourth-order valence-corrected chi connectivity index (χ4v) is 1.59. The smallest absolute Gasteiger partial charge is 0.332 e. The van der Waals surface area contributed by atoms with E-state index in [2.05, 4.69) is 5.32 Å². The molecule has 1 aromatic rings. The Hall–Kier alpha value is -2.37. The van der Waals surface area contributed by atoms with Gasteiger partial charge >= 0.3 is 5.97 Å². The third-order valence-electron chi connectivity index (χ3n) is 2.44. The van der Waals surface area contributed by atoms with E-state index in [0.717, 1.165) is 5.57 Å². The van der Waals surface area contributed by atoms with Crippen LogP contribution in [-0.2, 0) is 9.53 Å². The number of rotatable bonds is 6. The zero-order valence-corrected chi connectivity index (χ0v) is 11.8. The summed E-state index contributed by atoms with van der Waals surface area (Å²) in [6, 6.07) is 5.27. The first kappa shape index (κ1) is 15.7. The Morgan fingerprint density at radius 1 is 1.40 bits per heavy atom. The van der Waals surface area contributed by atoms with Crippen molar-refractivity contribution in [2.24, 2.45) is 0 Å². The molecule has 1 atom stereocenters. The Bertz CT molecular complexity index is 504. The molecule has 0 saturated carbocycles. The van der Waals surface area contributed by atoms with E-state index >= 15 is 0 Å². The standard InChI is InChI=1S/C14H18N2O4/c1-4-20-14(17)13(9-10(2)3)15-11-5-7-12(8-6-11)16(18)19/h5-9,13,15H,4H2,1-3H3. The van der Waals surface area contributed by atoms with Crippen molar-refractivity contribution in [3.8, 4) is 0 Å². The van der Waals surface area contributed by atoms with E-state index in [4.69, 9.17) is 4.74 Å². The summed E-state index contributed by atoms with van der Waals surface area (Å²) in [5, 5.41) is 13.6. The number of non-ortho nitro benzene ring substituents is 1. The summed E-state index contributed by atoms with van der Waals surface area (Å²) in [6.45, 7) is 5.80. The monoisotopic (exact) mass is 278 g/mol. The Morgan fingerprint density at radius 3 is 2.45 bits per heavy atom. The van der Waals surface area contributed by atoms with E-state index < -0.39 is 11.0 Å². The minimum atomic E-state index is -0.610. The zero-order valence-electron chi connectivity index (χ0n) is 11.8. The van der Waals surface area contributed by atoms with Crippen LogP contribution in [0.4, 0.5) is 11.4 Å². The summed E-state index contributed by atoms with van der Waals surface area (Å²) in [6.07, 6.45) is 1.75.